The Labute approximate surface area is 145 Å². The van der Waals surface area contributed by atoms with Crippen molar-refractivity contribution in [2.45, 2.75) is 39.3 Å². The minimum Gasteiger partial charge on any atom is -0.355 e. The fourth-order valence-corrected chi connectivity index (χ4v) is 6.02. The lowest BCUT2D eigenvalue weighted by molar-refractivity contribution is 0.998. The van der Waals surface area contributed by atoms with E-state index in [1.807, 2.05) is 6.33 Å². The number of para-hydroxylation sites is 1. The Morgan fingerprint density at radius 2 is 1.54 bits per heavy atom. The number of imidazole rings is 1. The third-order valence-electron chi connectivity index (χ3n) is 3.93. The molecule has 0 unspecified atom stereocenters. The summed E-state index contributed by atoms with van der Waals surface area (Å²) in [6.07, 6.45) is 3.57. The molecular weight excluding hydrogens is 330 g/mol. The summed E-state index contributed by atoms with van der Waals surface area (Å²) in [7, 11) is -3.41. The van der Waals surface area contributed by atoms with Crippen molar-refractivity contribution >= 4 is 28.0 Å². The van der Waals surface area contributed by atoms with Crippen LogP contribution in [0.5, 0.6) is 0 Å². The molecule has 0 amide bonds. The minimum absolute atomic E-state index is 0.721. The Morgan fingerprint density at radius 3 is 2.12 bits per heavy atom. The Balaban J connectivity index is 2.35. The van der Waals surface area contributed by atoms with Crippen molar-refractivity contribution in [1.29, 1.82) is 0 Å². The minimum atomic E-state index is -1.73. The highest BCUT2D eigenvalue weighted by Crippen LogP contribution is 2.38. The summed E-state index contributed by atoms with van der Waals surface area (Å²) in [5.74, 6) is 1.86. The van der Waals surface area contributed by atoms with Crippen molar-refractivity contribution in [1.82, 2.24) is 19.2 Å². The number of benzene rings is 1. The van der Waals surface area contributed by atoms with Crippen LogP contribution < -0.4 is 4.57 Å². The topological polar surface area (TPSA) is 46.8 Å². The van der Waals surface area contributed by atoms with Crippen LogP contribution in [-0.2, 0) is 0 Å². The molecule has 0 bridgehead atoms. The van der Waals surface area contributed by atoms with Gasteiger partial charge >= 0.3 is 0 Å². The van der Waals surface area contributed by atoms with E-state index in [0.29, 0.717) is 0 Å². The molecule has 7 heteroatoms. The van der Waals surface area contributed by atoms with Crippen LogP contribution in [0.2, 0.25) is 39.3 Å². The molecule has 0 aliphatic carbocycles. The van der Waals surface area contributed by atoms with E-state index in [4.69, 9.17) is 0 Å². The lowest BCUT2D eigenvalue weighted by Crippen LogP contribution is -2.47. The molecule has 1 aromatic rings. The average molecular weight is 356 g/mol. The first-order valence-corrected chi connectivity index (χ1v) is 15.1. The normalized spacial score (nSPS) is 12.6. The van der Waals surface area contributed by atoms with E-state index in [2.05, 4.69) is 93.4 Å². The van der Waals surface area contributed by atoms with E-state index in [-0.39, 0.29) is 0 Å². The Morgan fingerprint density at radius 1 is 0.875 bits per heavy atom. The van der Waals surface area contributed by atoms with Gasteiger partial charge in [-0.05, 0) is 12.1 Å². The van der Waals surface area contributed by atoms with Crippen molar-refractivity contribution < 1.29 is 0 Å². The molecule has 2 heterocycles. The summed E-state index contributed by atoms with van der Waals surface area (Å²) in [5.41, 5.74) is 2.10. The molecule has 0 saturated carbocycles. The highest BCUT2D eigenvalue weighted by Gasteiger charge is 2.34. The lowest BCUT2D eigenvalue weighted by Gasteiger charge is -2.40. The molecule has 2 aliphatic heterocycles. The zero-order chi connectivity index (χ0) is 17.5. The standard InChI is InChI=1S/C17H25N5Si2/c1-23(2,3)21-13-20-16-15(18-12-19-16)17(21)22(24(4,5)6)14-10-8-7-9-11-14/h7-13H,1-6H3. The van der Waals surface area contributed by atoms with Gasteiger partial charge in [0.25, 0.3) is 0 Å². The first-order valence-electron chi connectivity index (χ1n) is 8.23. The molecule has 0 fully saturated rings. The van der Waals surface area contributed by atoms with Gasteiger partial charge in [0.2, 0.25) is 0 Å². The van der Waals surface area contributed by atoms with Gasteiger partial charge in [-0.1, -0.05) is 57.5 Å². The number of rotatable bonds is 4. The summed E-state index contributed by atoms with van der Waals surface area (Å²) >= 11 is 0. The molecule has 3 rings (SSSR count). The van der Waals surface area contributed by atoms with Gasteiger partial charge in [0.05, 0.1) is 6.33 Å². The highest BCUT2D eigenvalue weighted by molar-refractivity contribution is 6.81. The molecular formula is C17H25N5Si2. The number of hydrogen-bond acceptors (Lipinski definition) is 4. The second-order valence-corrected chi connectivity index (χ2v) is 17.6. The fourth-order valence-electron chi connectivity index (χ4n) is 2.90. The summed E-state index contributed by atoms with van der Waals surface area (Å²) in [6, 6.07) is 10.6. The maximum absolute atomic E-state index is 4.56. The Kier molecular flexibility index (Phi) is 4.08. The molecule has 126 valence electrons. The van der Waals surface area contributed by atoms with E-state index >= 15 is 0 Å². The molecule has 24 heavy (non-hydrogen) atoms. The van der Waals surface area contributed by atoms with Gasteiger partial charge in [0.1, 0.15) is 17.8 Å². The lowest BCUT2D eigenvalue weighted by atomic mass is 10.3. The smallest absolute Gasteiger partial charge is 0.184 e. The summed E-state index contributed by atoms with van der Waals surface area (Å²) in [6.45, 7) is 14.1. The van der Waals surface area contributed by atoms with Gasteiger partial charge in [-0.3, -0.25) is 0 Å². The van der Waals surface area contributed by atoms with Crippen molar-refractivity contribution in [3.63, 3.8) is 0 Å². The van der Waals surface area contributed by atoms with E-state index < -0.39 is 16.5 Å². The maximum Gasteiger partial charge on any atom is 0.184 e. The Bertz CT molecular complexity index is 802. The SMILES string of the molecule is C[Si](C)(C)N(c1ccccc1)c1c2ncnc-2ncn1[Si](C)(C)C. The van der Waals surface area contributed by atoms with Gasteiger partial charge < -0.3 is 8.80 Å². The average Bonchev–Trinajstić information content (AvgIpc) is 2.95. The summed E-state index contributed by atoms with van der Waals surface area (Å²) in [5, 5.41) is 0. The van der Waals surface area contributed by atoms with E-state index in [1.54, 1.807) is 6.33 Å². The van der Waals surface area contributed by atoms with Crippen LogP contribution in [0.3, 0.4) is 0 Å². The second-order valence-electron chi connectivity index (χ2n) is 8.00. The molecule has 0 spiro atoms. The van der Waals surface area contributed by atoms with E-state index in [1.165, 1.54) is 5.69 Å². The summed E-state index contributed by atoms with van der Waals surface area (Å²) in [4.78, 5) is 13.4. The van der Waals surface area contributed by atoms with Crippen LogP contribution in [0.1, 0.15) is 0 Å². The maximum atomic E-state index is 4.56. The molecule has 0 saturated heterocycles. The predicted molar refractivity (Wildman–Crippen MR) is 105 cm³/mol. The van der Waals surface area contributed by atoms with Gasteiger partial charge in [-0.25, -0.2) is 15.0 Å². The molecule has 0 aromatic heterocycles. The van der Waals surface area contributed by atoms with Crippen molar-refractivity contribution in [3.8, 4) is 11.5 Å². The predicted octanol–water partition coefficient (Wildman–Crippen LogP) is 4.43. The zero-order valence-electron chi connectivity index (χ0n) is 15.3. The first kappa shape index (κ1) is 16.8. The molecule has 1 aromatic carbocycles. The largest absolute Gasteiger partial charge is 0.355 e. The van der Waals surface area contributed by atoms with Gasteiger partial charge in [0.15, 0.2) is 22.3 Å². The molecule has 0 atom stereocenters. The van der Waals surface area contributed by atoms with Crippen molar-refractivity contribution in [2.24, 2.45) is 0 Å². The Hall–Kier alpha value is -2.00. The van der Waals surface area contributed by atoms with Gasteiger partial charge in [0, 0.05) is 5.69 Å². The van der Waals surface area contributed by atoms with Gasteiger partial charge in [-0.15, -0.1) is 0 Å². The number of aromatic nitrogens is 4. The fraction of sp³-hybridized carbons (Fsp3) is 0.353. The monoisotopic (exact) mass is 355 g/mol. The van der Waals surface area contributed by atoms with Crippen LogP contribution >= 0.6 is 0 Å². The second kappa shape index (κ2) is 5.82. The number of anilines is 2. The zero-order valence-corrected chi connectivity index (χ0v) is 17.3. The number of hydrogen-bond donors (Lipinski definition) is 0. The molecule has 0 N–H and O–H groups in total. The van der Waals surface area contributed by atoms with E-state index in [0.717, 1.165) is 17.3 Å². The van der Waals surface area contributed by atoms with E-state index in [9.17, 15) is 0 Å². The number of fused-ring (bicyclic) bond motifs is 1. The summed E-state index contributed by atoms with van der Waals surface area (Å²) < 4.78 is 4.85. The third kappa shape index (κ3) is 3.01. The molecule has 2 aliphatic rings. The molecule has 0 radical (unpaired) electrons. The van der Waals surface area contributed by atoms with Crippen LogP contribution in [0.4, 0.5) is 11.5 Å². The van der Waals surface area contributed by atoms with Crippen LogP contribution in [-0.4, -0.2) is 35.7 Å². The van der Waals surface area contributed by atoms with Crippen molar-refractivity contribution in [2.75, 3.05) is 4.57 Å². The first-order chi connectivity index (χ1) is 11.2. The van der Waals surface area contributed by atoms with Crippen LogP contribution in [0.25, 0.3) is 11.5 Å². The van der Waals surface area contributed by atoms with Gasteiger partial charge in [-0.2, -0.15) is 0 Å². The third-order valence-corrected chi connectivity index (χ3v) is 7.52. The van der Waals surface area contributed by atoms with Crippen LogP contribution in [0, 0.1) is 0 Å². The van der Waals surface area contributed by atoms with Crippen LogP contribution in [0.15, 0.2) is 43.0 Å². The quantitative estimate of drug-likeness (QED) is 0.649. The number of nitrogens with zero attached hydrogens (tertiary/aromatic N) is 5. The highest BCUT2D eigenvalue weighted by atomic mass is 28.3. The van der Waals surface area contributed by atoms with Crippen molar-refractivity contribution in [3.05, 3.63) is 43.0 Å². The molecule has 5 nitrogen and oxygen atoms in total.